The first kappa shape index (κ1) is 19.1. The van der Waals surface area contributed by atoms with Crippen molar-refractivity contribution >= 4 is 23.5 Å². The van der Waals surface area contributed by atoms with E-state index in [1.54, 1.807) is 31.2 Å². The fraction of sp³-hybridized carbons (Fsp3) is 0.211. The SMILES string of the molecule is Cc1cccc(C(=O)NCC(=O)OCC(=O)Nc2ccc(C)c(F)c2)c1. The highest BCUT2D eigenvalue weighted by molar-refractivity contribution is 5.96. The molecule has 0 aromatic heterocycles. The summed E-state index contributed by atoms with van der Waals surface area (Å²) in [7, 11) is 0. The van der Waals surface area contributed by atoms with Crippen LogP contribution in [0.1, 0.15) is 21.5 Å². The molecule has 7 heteroatoms. The van der Waals surface area contributed by atoms with Crippen molar-refractivity contribution in [1.82, 2.24) is 5.32 Å². The number of esters is 1. The quantitative estimate of drug-likeness (QED) is 0.777. The Balaban J connectivity index is 1.74. The number of anilines is 1. The molecule has 136 valence electrons. The first-order valence-corrected chi connectivity index (χ1v) is 7.91. The molecule has 0 aliphatic rings. The summed E-state index contributed by atoms with van der Waals surface area (Å²) in [4.78, 5) is 35.2. The molecule has 0 spiro atoms. The van der Waals surface area contributed by atoms with E-state index < -0.39 is 30.2 Å². The lowest BCUT2D eigenvalue weighted by atomic mass is 10.1. The van der Waals surface area contributed by atoms with Gasteiger partial charge in [0.25, 0.3) is 11.8 Å². The Morgan fingerprint density at radius 2 is 1.85 bits per heavy atom. The summed E-state index contributed by atoms with van der Waals surface area (Å²) in [5, 5.41) is 4.84. The van der Waals surface area contributed by atoms with Gasteiger partial charge in [-0.3, -0.25) is 14.4 Å². The fourth-order valence-electron chi connectivity index (χ4n) is 2.11. The zero-order chi connectivity index (χ0) is 19.1. The van der Waals surface area contributed by atoms with Gasteiger partial charge in [-0.15, -0.1) is 0 Å². The highest BCUT2D eigenvalue weighted by Gasteiger charge is 2.11. The van der Waals surface area contributed by atoms with Crippen molar-refractivity contribution in [3.63, 3.8) is 0 Å². The molecular formula is C19H19FN2O4. The van der Waals surface area contributed by atoms with E-state index in [4.69, 9.17) is 4.74 Å². The average molecular weight is 358 g/mol. The summed E-state index contributed by atoms with van der Waals surface area (Å²) in [6.45, 7) is 2.56. The molecule has 2 N–H and O–H groups in total. The van der Waals surface area contributed by atoms with Gasteiger partial charge in [0.05, 0.1) is 0 Å². The van der Waals surface area contributed by atoms with Crippen molar-refractivity contribution in [3.05, 3.63) is 65.0 Å². The topological polar surface area (TPSA) is 84.5 Å². The smallest absolute Gasteiger partial charge is 0.325 e. The molecule has 0 fully saturated rings. The zero-order valence-corrected chi connectivity index (χ0v) is 14.5. The molecule has 0 saturated heterocycles. The first-order valence-electron chi connectivity index (χ1n) is 7.91. The van der Waals surface area contributed by atoms with Crippen LogP contribution in [0.15, 0.2) is 42.5 Å². The number of rotatable bonds is 6. The molecule has 0 unspecified atom stereocenters. The van der Waals surface area contributed by atoms with Crippen LogP contribution in [0.4, 0.5) is 10.1 Å². The maximum Gasteiger partial charge on any atom is 0.325 e. The normalized spacial score (nSPS) is 10.1. The van der Waals surface area contributed by atoms with Crippen LogP contribution >= 0.6 is 0 Å². The van der Waals surface area contributed by atoms with E-state index in [1.807, 2.05) is 13.0 Å². The minimum absolute atomic E-state index is 0.266. The second-order valence-corrected chi connectivity index (χ2v) is 5.72. The first-order chi connectivity index (χ1) is 12.3. The highest BCUT2D eigenvalue weighted by atomic mass is 19.1. The standard InChI is InChI=1S/C19H19FN2O4/c1-12-4-3-5-14(8-12)19(25)21-10-18(24)26-11-17(23)22-15-7-6-13(2)16(20)9-15/h3-9H,10-11H2,1-2H3,(H,21,25)(H,22,23). The van der Waals surface area contributed by atoms with Gasteiger partial charge in [0.15, 0.2) is 6.61 Å². The summed E-state index contributed by atoms with van der Waals surface area (Å²) in [6.07, 6.45) is 0. The largest absolute Gasteiger partial charge is 0.454 e. The molecular weight excluding hydrogens is 339 g/mol. The summed E-state index contributed by atoms with van der Waals surface area (Å²) in [5.74, 6) is -2.22. The van der Waals surface area contributed by atoms with Gasteiger partial charge in [0.1, 0.15) is 12.4 Å². The highest BCUT2D eigenvalue weighted by Crippen LogP contribution is 2.13. The molecule has 0 aliphatic heterocycles. The molecule has 0 heterocycles. The number of benzene rings is 2. The Morgan fingerprint density at radius 3 is 2.54 bits per heavy atom. The third kappa shape index (κ3) is 5.70. The van der Waals surface area contributed by atoms with Gasteiger partial charge in [0, 0.05) is 11.3 Å². The number of hydrogen-bond acceptors (Lipinski definition) is 4. The summed E-state index contributed by atoms with van der Waals surface area (Å²) < 4.78 is 18.2. The molecule has 0 saturated carbocycles. The van der Waals surface area contributed by atoms with Crippen molar-refractivity contribution in [1.29, 1.82) is 0 Å². The van der Waals surface area contributed by atoms with Gasteiger partial charge in [-0.25, -0.2) is 4.39 Å². The van der Waals surface area contributed by atoms with Crippen LogP contribution in [0.3, 0.4) is 0 Å². The molecule has 0 radical (unpaired) electrons. The van der Waals surface area contributed by atoms with E-state index in [1.165, 1.54) is 12.1 Å². The van der Waals surface area contributed by atoms with Gasteiger partial charge >= 0.3 is 5.97 Å². The van der Waals surface area contributed by atoms with Gasteiger partial charge in [-0.1, -0.05) is 23.8 Å². The van der Waals surface area contributed by atoms with Crippen molar-refractivity contribution < 1.29 is 23.5 Å². The van der Waals surface area contributed by atoms with Crippen LogP contribution < -0.4 is 10.6 Å². The lowest BCUT2D eigenvalue weighted by Crippen LogP contribution is -2.32. The molecule has 2 rings (SSSR count). The molecule has 0 bridgehead atoms. The van der Waals surface area contributed by atoms with Crippen molar-refractivity contribution in [2.24, 2.45) is 0 Å². The summed E-state index contributed by atoms with van der Waals surface area (Å²) >= 11 is 0. The minimum atomic E-state index is -0.753. The number of carbonyl (C=O) groups excluding carboxylic acids is 3. The number of halogens is 1. The number of amides is 2. The molecule has 6 nitrogen and oxygen atoms in total. The van der Waals surface area contributed by atoms with Crippen LogP contribution in [0.2, 0.25) is 0 Å². The monoisotopic (exact) mass is 358 g/mol. The second kappa shape index (κ2) is 8.75. The lowest BCUT2D eigenvalue weighted by molar-refractivity contribution is -0.146. The number of hydrogen-bond donors (Lipinski definition) is 2. The minimum Gasteiger partial charge on any atom is -0.454 e. The summed E-state index contributed by atoms with van der Waals surface area (Å²) in [5.41, 5.74) is 2.07. The van der Waals surface area contributed by atoms with Crippen molar-refractivity contribution in [3.8, 4) is 0 Å². The van der Waals surface area contributed by atoms with Crippen LogP contribution in [0, 0.1) is 19.7 Å². The van der Waals surface area contributed by atoms with Gasteiger partial charge in [-0.05, 0) is 43.7 Å². The Labute approximate surface area is 150 Å². The molecule has 2 aromatic rings. The number of ether oxygens (including phenoxy) is 1. The molecule has 26 heavy (non-hydrogen) atoms. The second-order valence-electron chi connectivity index (χ2n) is 5.72. The van der Waals surface area contributed by atoms with Crippen LogP contribution in [0.5, 0.6) is 0 Å². The van der Waals surface area contributed by atoms with Gasteiger partial charge in [0.2, 0.25) is 0 Å². The van der Waals surface area contributed by atoms with Gasteiger partial charge < -0.3 is 15.4 Å². The van der Waals surface area contributed by atoms with Crippen molar-refractivity contribution in [2.75, 3.05) is 18.5 Å². The molecule has 2 aromatic carbocycles. The van der Waals surface area contributed by atoms with E-state index >= 15 is 0 Å². The van der Waals surface area contributed by atoms with Crippen LogP contribution in [0.25, 0.3) is 0 Å². The van der Waals surface area contributed by atoms with E-state index in [0.29, 0.717) is 11.1 Å². The maximum atomic E-state index is 13.4. The number of carbonyl (C=O) groups is 3. The zero-order valence-electron chi connectivity index (χ0n) is 14.5. The van der Waals surface area contributed by atoms with E-state index in [2.05, 4.69) is 10.6 Å². The molecule has 0 aliphatic carbocycles. The number of aryl methyl sites for hydroxylation is 2. The van der Waals surface area contributed by atoms with Crippen LogP contribution in [-0.2, 0) is 14.3 Å². The fourth-order valence-corrected chi connectivity index (χ4v) is 2.11. The van der Waals surface area contributed by atoms with E-state index in [9.17, 15) is 18.8 Å². The Morgan fingerprint density at radius 1 is 1.08 bits per heavy atom. The van der Waals surface area contributed by atoms with E-state index in [0.717, 1.165) is 5.56 Å². The van der Waals surface area contributed by atoms with Crippen LogP contribution in [-0.4, -0.2) is 30.9 Å². The van der Waals surface area contributed by atoms with Crippen molar-refractivity contribution in [2.45, 2.75) is 13.8 Å². The third-order valence-electron chi connectivity index (χ3n) is 3.49. The predicted molar refractivity (Wildman–Crippen MR) is 94.2 cm³/mol. The molecule has 0 atom stereocenters. The Bertz CT molecular complexity index is 836. The lowest BCUT2D eigenvalue weighted by Gasteiger charge is -2.08. The predicted octanol–water partition coefficient (Wildman–Crippen LogP) is 2.35. The maximum absolute atomic E-state index is 13.4. The Hall–Kier alpha value is -3.22. The third-order valence-corrected chi connectivity index (χ3v) is 3.49. The Kier molecular flexibility index (Phi) is 6.43. The molecule has 2 amide bonds. The summed E-state index contributed by atoms with van der Waals surface area (Å²) in [6, 6.07) is 11.1. The number of nitrogens with one attached hydrogen (secondary N) is 2. The average Bonchev–Trinajstić information content (AvgIpc) is 2.61. The van der Waals surface area contributed by atoms with E-state index in [-0.39, 0.29) is 12.2 Å². The van der Waals surface area contributed by atoms with Gasteiger partial charge in [-0.2, -0.15) is 0 Å².